The molecule has 0 bridgehead atoms. The zero-order valence-corrected chi connectivity index (χ0v) is 14.3. The van der Waals surface area contributed by atoms with E-state index in [4.69, 9.17) is 14.3 Å². The van der Waals surface area contributed by atoms with Crippen LogP contribution in [0.15, 0.2) is 28.7 Å². The Labute approximate surface area is 140 Å². The molecule has 0 amide bonds. The highest BCUT2D eigenvalue weighted by Gasteiger charge is 2.23. The summed E-state index contributed by atoms with van der Waals surface area (Å²) in [5.41, 5.74) is 0. The molecule has 2 aromatic rings. The Morgan fingerprint density at radius 2 is 2.00 bits per heavy atom. The van der Waals surface area contributed by atoms with Crippen molar-refractivity contribution in [3.8, 4) is 0 Å². The molecule has 1 fully saturated rings. The molecule has 6 heteroatoms. The third-order valence-corrected chi connectivity index (χ3v) is 5.19. The van der Waals surface area contributed by atoms with E-state index in [0.717, 1.165) is 38.6 Å². The highest BCUT2D eigenvalue weighted by molar-refractivity contribution is 7.12. The van der Waals surface area contributed by atoms with Gasteiger partial charge in [0, 0.05) is 29.4 Å². The standard InChI is InChI=1S/C17H24N2O3S/c1-13-2-5-17(23-13)16(19-6-8-21-9-7-19)11-18-10-14-3-4-15(12-20)22-14/h2-5,16,18,20H,6-12H2,1H3/t16-/m1/s1. The minimum absolute atomic E-state index is 0.0507. The minimum atomic E-state index is -0.0507. The summed E-state index contributed by atoms with van der Waals surface area (Å²) in [5.74, 6) is 1.47. The van der Waals surface area contributed by atoms with Crippen LogP contribution in [0.5, 0.6) is 0 Å². The third-order valence-electron chi connectivity index (χ3n) is 4.09. The van der Waals surface area contributed by atoms with Gasteiger partial charge in [0.05, 0.1) is 25.8 Å². The van der Waals surface area contributed by atoms with Crippen molar-refractivity contribution in [2.45, 2.75) is 26.1 Å². The molecule has 5 nitrogen and oxygen atoms in total. The fraction of sp³-hybridized carbons (Fsp3) is 0.529. The van der Waals surface area contributed by atoms with Crippen molar-refractivity contribution in [1.29, 1.82) is 0 Å². The Kier molecular flexibility index (Phi) is 5.85. The molecular weight excluding hydrogens is 312 g/mol. The molecule has 1 aliphatic rings. The molecule has 126 valence electrons. The number of aryl methyl sites for hydroxylation is 1. The van der Waals surface area contributed by atoms with E-state index in [2.05, 4.69) is 29.3 Å². The largest absolute Gasteiger partial charge is 0.462 e. The van der Waals surface area contributed by atoms with Crippen LogP contribution in [0.1, 0.15) is 27.3 Å². The molecule has 3 heterocycles. The lowest BCUT2D eigenvalue weighted by Crippen LogP contribution is -2.42. The molecule has 0 saturated carbocycles. The molecule has 1 saturated heterocycles. The van der Waals surface area contributed by atoms with Crippen molar-refractivity contribution in [2.24, 2.45) is 0 Å². The topological polar surface area (TPSA) is 57.9 Å². The lowest BCUT2D eigenvalue weighted by atomic mass is 10.2. The number of thiophene rings is 1. The van der Waals surface area contributed by atoms with Gasteiger partial charge in [0.2, 0.25) is 0 Å². The van der Waals surface area contributed by atoms with Gasteiger partial charge in [-0.15, -0.1) is 11.3 Å². The Morgan fingerprint density at radius 3 is 2.65 bits per heavy atom. The molecule has 0 radical (unpaired) electrons. The van der Waals surface area contributed by atoms with Gasteiger partial charge in [-0.2, -0.15) is 0 Å². The highest BCUT2D eigenvalue weighted by Crippen LogP contribution is 2.28. The molecule has 0 unspecified atom stereocenters. The summed E-state index contributed by atoms with van der Waals surface area (Å²) in [6, 6.07) is 8.52. The summed E-state index contributed by atoms with van der Waals surface area (Å²) in [7, 11) is 0. The smallest absolute Gasteiger partial charge is 0.129 e. The van der Waals surface area contributed by atoms with E-state index in [1.54, 1.807) is 0 Å². The predicted octanol–water partition coefficient (Wildman–Crippen LogP) is 2.30. The van der Waals surface area contributed by atoms with Gasteiger partial charge >= 0.3 is 0 Å². The fourth-order valence-electron chi connectivity index (χ4n) is 2.87. The van der Waals surface area contributed by atoms with E-state index >= 15 is 0 Å². The maximum atomic E-state index is 9.05. The summed E-state index contributed by atoms with van der Waals surface area (Å²) in [4.78, 5) is 5.23. The van der Waals surface area contributed by atoms with E-state index in [-0.39, 0.29) is 6.61 Å². The van der Waals surface area contributed by atoms with Crippen molar-refractivity contribution in [1.82, 2.24) is 10.2 Å². The van der Waals surface area contributed by atoms with Crippen LogP contribution in [0, 0.1) is 6.92 Å². The van der Waals surface area contributed by atoms with Crippen LogP contribution in [-0.4, -0.2) is 42.9 Å². The number of nitrogens with one attached hydrogen (secondary N) is 1. The number of morpholine rings is 1. The molecule has 3 rings (SSSR count). The van der Waals surface area contributed by atoms with Crippen molar-refractivity contribution >= 4 is 11.3 Å². The van der Waals surface area contributed by atoms with E-state index in [0.29, 0.717) is 18.3 Å². The number of rotatable bonds is 7. The van der Waals surface area contributed by atoms with Gasteiger partial charge in [0.25, 0.3) is 0 Å². The number of nitrogens with zero attached hydrogens (tertiary/aromatic N) is 1. The summed E-state index contributed by atoms with van der Waals surface area (Å²) in [6.07, 6.45) is 0. The van der Waals surface area contributed by atoms with Crippen LogP contribution >= 0.6 is 11.3 Å². The Morgan fingerprint density at radius 1 is 1.22 bits per heavy atom. The highest BCUT2D eigenvalue weighted by atomic mass is 32.1. The number of hydrogen-bond acceptors (Lipinski definition) is 6. The van der Waals surface area contributed by atoms with Crippen LogP contribution in [-0.2, 0) is 17.9 Å². The lowest BCUT2D eigenvalue weighted by Gasteiger charge is -2.34. The Bertz CT molecular complexity index is 605. The monoisotopic (exact) mass is 336 g/mol. The van der Waals surface area contributed by atoms with Crippen LogP contribution in [0.4, 0.5) is 0 Å². The van der Waals surface area contributed by atoms with Gasteiger partial charge in [0.1, 0.15) is 18.1 Å². The zero-order chi connectivity index (χ0) is 16.1. The molecule has 0 aliphatic carbocycles. The van der Waals surface area contributed by atoms with Crippen molar-refractivity contribution in [3.63, 3.8) is 0 Å². The second kappa shape index (κ2) is 8.08. The van der Waals surface area contributed by atoms with Gasteiger partial charge in [-0.1, -0.05) is 0 Å². The summed E-state index contributed by atoms with van der Waals surface area (Å²) < 4.78 is 11.0. The van der Waals surface area contributed by atoms with Crippen LogP contribution in [0.2, 0.25) is 0 Å². The minimum Gasteiger partial charge on any atom is -0.462 e. The van der Waals surface area contributed by atoms with Crippen molar-refractivity contribution in [2.75, 3.05) is 32.8 Å². The molecule has 23 heavy (non-hydrogen) atoms. The SMILES string of the molecule is Cc1ccc([C@@H](CNCc2ccc(CO)o2)N2CCOCC2)s1. The number of hydrogen-bond donors (Lipinski definition) is 2. The van der Waals surface area contributed by atoms with Crippen LogP contribution in [0.25, 0.3) is 0 Å². The molecular formula is C17H24N2O3S. The average Bonchev–Trinajstić information content (AvgIpc) is 3.21. The number of aliphatic hydroxyl groups excluding tert-OH is 1. The second-order valence-corrected chi connectivity index (χ2v) is 7.09. The van der Waals surface area contributed by atoms with Gasteiger partial charge in [-0.3, -0.25) is 4.90 Å². The van der Waals surface area contributed by atoms with E-state index in [9.17, 15) is 0 Å². The zero-order valence-electron chi connectivity index (χ0n) is 13.5. The molecule has 1 atom stereocenters. The van der Waals surface area contributed by atoms with Crippen LogP contribution in [0.3, 0.4) is 0 Å². The van der Waals surface area contributed by atoms with Gasteiger partial charge < -0.3 is 19.6 Å². The van der Waals surface area contributed by atoms with E-state index < -0.39 is 0 Å². The molecule has 2 aromatic heterocycles. The maximum Gasteiger partial charge on any atom is 0.129 e. The summed E-state index contributed by atoms with van der Waals surface area (Å²) in [6.45, 7) is 7.19. The van der Waals surface area contributed by atoms with Gasteiger partial charge in [-0.25, -0.2) is 0 Å². The first-order valence-corrected chi connectivity index (χ1v) is 8.85. The van der Waals surface area contributed by atoms with E-state index in [1.807, 2.05) is 23.5 Å². The normalized spacial score (nSPS) is 17.5. The fourth-order valence-corrected chi connectivity index (χ4v) is 3.88. The quantitative estimate of drug-likeness (QED) is 0.812. The Hall–Kier alpha value is -1.18. The summed E-state index contributed by atoms with van der Waals surface area (Å²) >= 11 is 1.86. The molecule has 0 spiro atoms. The molecule has 2 N–H and O–H groups in total. The third kappa shape index (κ3) is 4.43. The number of furan rings is 1. The Balaban J connectivity index is 1.61. The lowest BCUT2D eigenvalue weighted by molar-refractivity contribution is 0.0167. The van der Waals surface area contributed by atoms with E-state index in [1.165, 1.54) is 9.75 Å². The summed E-state index contributed by atoms with van der Waals surface area (Å²) in [5, 5.41) is 12.5. The predicted molar refractivity (Wildman–Crippen MR) is 90.5 cm³/mol. The van der Waals surface area contributed by atoms with Gasteiger partial charge in [-0.05, 0) is 31.2 Å². The number of aliphatic hydroxyl groups is 1. The first-order valence-electron chi connectivity index (χ1n) is 8.03. The first kappa shape index (κ1) is 16.7. The van der Waals surface area contributed by atoms with Crippen molar-refractivity contribution in [3.05, 3.63) is 45.5 Å². The molecule has 1 aliphatic heterocycles. The first-order chi connectivity index (χ1) is 11.3. The average molecular weight is 336 g/mol. The van der Waals surface area contributed by atoms with Gasteiger partial charge in [0.15, 0.2) is 0 Å². The van der Waals surface area contributed by atoms with Crippen LogP contribution < -0.4 is 5.32 Å². The van der Waals surface area contributed by atoms with Crippen molar-refractivity contribution < 1.29 is 14.3 Å². The number of ether oxygens (including phenoxy) is 1. The molecule has 0 aromatic carbocycles. The maximum absolute atomic E-state index is 9.05. The second-order valence-electron chi connectivity index (χ2n) is 5.77.